The van der Waals surface area contributed by atoms with E-state index in [0.29, 0.717) is 0 Å². The second-order valence-electron chi connectivity index (χ2n) is 11.8. The van der Waals surface area contributed by atoms with Crippen molar-refractivity contribution in [3.8, 4) is 22.3 Å². The lowest BCUT2D eigenvalue weighted by Gasteiger charge is -2.43. The first kappa shape index (κ1) is 24.1. The molecule has 0 aromatic heterocycles. The Morgan fingerprint density at radius 3 is 0.878 bits per heavy atom. The third-order valence-corrected chi connectivity index (χ3v) is 9.65. The summed E-state index contributed by atoms with van der Waals surface area (Å²) in [5.41, 5.74) is 13.8. The van der Waals surface area contributed by atoms with Crippen molar-refractivity contribution in [3.63, 3.8) is 0 Å². The van der Waals surface area contributed by atoms with E-state index in [1.165, 1.54) is 55.6 Å². The molecule has 0 saturated heterocycles. The molecule has 196 valence electrons. The summed E-state index contributed by atoms with van der Waals surface area (Å²) in [4.78, 5) is 0. The molecule has 0 atom stereocenters. The highest BCUT2D eigenvalue weighted by molar-refractivity contribution is 5.84. The zero-order valence-corrected chi connectivity index (χ0v) is 23.1. The van der Waals surface area contributed by atoms with Gasteiger partial charge in [0.05, 0.1) is 0 Å². The highest BCUT2D eigenvalue weighted by Crippen LogP contribution is 2.61. The van der Waals surface area contributed by atoms with Gasteiger partial charge in [-0.15, -0.1) is 0 Å². The van der Waals surface area contributed by atoms with Gasteiger partial charge in [-0.3, -0.25) is 0 Å². The highest BCUT2D eigenvalue weighted by Gasteiger charge is 2.52. The van der Waals surface area contributed by atoms with Crippen LogP contribution in [-0.2, 0) is 23.7 Å². The van der Waals surface area contributed by atoms with Gasteiger partial charge in [0.15, 0.2) is 0 Å². The van der Waals surface area contributed by atoms with Gasteiger partial charge in [0.2, 0.25) is 0 Å². The Bertz CT molecular complexity index is 1630. The third-order valence-electron chi connectivity index (χ3n) is 9.65. The fourth-order valence-corrected chi connectivity index (χ4v) is 8.12. The maximum atomic E-state index is 2.40. The molecule has 6 aromatic rings. The van der Waals surface area contributed by atoms with Crippen molar-refractivity contribution in [2.75, 3.05) is 0 Å². The van der Waals surface area contributed by atoms with Crippen LogP contribution in [0.5, 0.6) is 0 Å². The molecule has 0 amide bonds. The second-order valence-corrected chi connectivity index (χ2v) is 11.8. The Kier molecular flexibility index (Phi) is 5.57. The summed E-state index contributed by atoms with van der Waals surface area (Å²) in [6, 6.07) is 59.0. The van der Waals surface area contributed by atoms with Crippen LogP contribution in [0, 0.1) is 0 Å². The molecule has 0 bridgehead atoms. The molecule has 2 aliphatic rings. The SMILES string of the molecule is c1ccc(CC2(CC3(Cc4ccccc4)c4ccccc4-c4ccccc43)c3ccccc3-c3ccccc32)cc1. The van der Waals surface area contributed by atoms with E-state index in [1.54, 1.807) is 0 Å². The smallest absolute Gasteiger partial charge is 0.0267 e. The predicted molar refractivity (Wildman–Crippen MR) is 170 cm³/mol. The van der Waals surface area contributed by atoms with Crippen LogP contribution in [-0.4, -0.2) is 0 Å². The Labute approximate surface area is 243 Å². The van der Waals surface area contributed by atoms with E-state index >= 15 is 0 Å². The molecule has 0 radical (unpaired) electrons. The molecule has 8 rings (SSSR count). The van der Waals surface area contributed by atoms with Gasteiger partial charge in [-0.1, -0.05) is 158 Å². The molecule has 0 nitrogen and oxygen atoms in total. The van der Waals surface area contributed by atoms with E-state index in [4.69, 9.17) is 0 Å². The fourth-order valence-electron chi connectivity index (χ4n) is 8.12. The summed E-state index contributed by atoms with van der Waals surface area (Å²) < 4.78 is 0. The molecule has 0 saturated carbocycles. The molecule has 2 aliphatic carbocycles. The van der Waals surface area contributed by atoms with Gasteiger partial charge < -0.3 is 0 Å². The molecule has 6 aromatic carbocycles. The van der Waals surface area contributed by atoms with Crippen LogP contribution >= 0.6 is 0 Å². The molecular weight excluding hydrogens is 492 g/mol. The number of hydrogen-bond acceptors (Lipinski definition) is 0. The average molecular weight is 525 g/mol. The van der Waals surface area contributed by atoms with Crippen molar-refractivity contribution >= 4 is 0 Å². The monoisotopic (exact) mass is 524 g/mol. The normalized spacial score (nSPS) is 15.0. The maximum absolute atomic E-state index is 2.40. The molecule has 0 fully saturated rings. The van der Waals surface area contributed by atoms with Crippen molar-refractivity contribution in [1.82, 2.24) is 0 Å². The summed E-state index contributed by atoms with van der Waals surface area (Å²) in [6.07, 6.45) is 2.91. The van der Waals surface area contributed by atoms with E-state index in [1.807, 2.05) is 0 Å². The van der Waals surface area contributed by atoms with Crippen LogP contribution in [0.3, 0.4) is 0 Å². The molecule has 0 spiro atoms. The molecule has 0 unspecified atom stereocenters. The summed E-state index contributed by atoms with van der Waals surface area (Å²) in [5, 5.41) is 0. The zero-order chi connectivity index (χ0) is 27.3. The lowest BCUT2D eigenvalue weighted by atomic mass is 9.59. The van der Waals surface area contributed by atoms with Crippen LogP contribution in [0.1, 0.15) is 39.8 Å². The zero-order valence-electron chi connectivity index (χ0n) is 23.1. The van der Waals surface area contributed by atoms with E-state index in [0.717, 1.165) is 19.3 Å². The summed E-state index contributed by atoms with van der Waals surface area (Å²) in [7, 11) is 0. The number of hydrogen-bond donors (Lipinski definition) is 0. The lowest BCUT2D eigenvalue weighted by molar-refractivity contribution is 0.354. The molecule has 0 heteroatoms. The van der Waals surface area contributed by atoms with E-state index in [2.05, 4.69) is 158 Å². The van der Waals surface area contributed by atoms with Crippen molar-refractivity contribution in [2.45, 2.75) is 30.1 Å². The van der Waals surface area contributed by atoms with Gasteiger partial charge in [0.25, 0.3) is 0 Å². The minimum Gasteiger partial charge on any atom is -0.0622 e. The Morgan fingerprint density at radius 1 is 0.293 bits per heavy atom. The number of rotatable bonds is 6. The van der Waals surface area contributed by atoms with Crippen LogP contribution in [0.25, 0.3) is 22.3 Å². The molecule has 0 heterocycles. The molecule has 0 aliphatic heterocycles. The molecule has 0 N–H and O–H groups in total. The predicted octanol–water partition coefficient (Wildman–Crippen LogP) is 9.80. The van der Waals surface area contributed by atoms with Gasteiger partial charge in [0.1, 0.15) is 0 Å². The van der Waals surface area contributed by atoms with Gasteiger partial charge in [-0.2, -0.15) is 0 Å². The maximum Gasteiger partial charge on any atom is 0.0267 e. The topological polar surface area (TPSA) is 0 Å². The number of fused-ring (bicyclic) bond motifs is 6. The Morgan fingerprint density at radius 2 is 0.561 bits per heavy atom. The van der Waals surface area contributed by atoms with E-state index < -0.39 is 0 Å². The molecular formula is C41H32. The largest absolute Gasteiger partial charge is 0.0622 e. The van der Waals surface area contributed by atoms with E-state index in [9.17, 15) is 0 Å². The number of benzene rings is 6. The highest BCUT2D eigenvalue weighted by atomic mass is 14.5. The standard InChI is InChI=1S/C41H32/c1-3-15-30(16-4-1)27-40(36-23-11-7-19-32(36)33-20-8-12-24-37(33)40)29-41(28-31-17-5-2-6-18-31)38-25-13-9-21-34(38)35-22-10-14-26-39(35)41/h1-26H,27-29H2. The summed E-state index contributed by atoms with van der Waals surface area (Å²) in [6.45, 7) is 0. The van der Waals surface area contributed by atoms with E-state index in [-0.39, 0.29) is 10.8 Å². The van der Waals surface area contributed by atoms with Gasteiger partial charge >= 0.3 is 0 Å². The van der Waals surface area contributed by atoms with Gasteiger partial charge in [-0.05, 0) is 74.9 Å². The van der Waals surface area contributed by atoms with Crippen molar-refractivity contribution in [1.29, 1.82) is 0 Å². The van der Waals surface area contributed by atoms with Crippen LogP contribution in [0.4, 0.5) is 0 Å². The van der Waals surface area contributed by atoms with Crippen LogP contribution in [0.2, 0.25) is 0 Å². The lowest BCUT2D eigenvalue weighted by Crippen LogP contribution is -2.40. The van der Waals surface area contributed by atoms with Gasteiger partial charge in [-0.25, -0.2) is 0 Å². The average Bonchev–Trinajstić information content (AvgIpc) is 3.46. The first-order valence-corrected chi connectivity index (χ1v) is 14.8. The fraction of sp³-hybridized carbons (Fsp3) is 0.122. The minimum atomic E-state index is -0.187. The van der Waals surface area contributed by atoms with Crippen LogP contribution < -0.4 is 0 Å². The first-order valence-electron chi connectivity index (χ1n) is 14.8. The summed E-state index contributed by atoms with van der Waals surface area (Å²) >= 11 is 0. The van der Waals surface area contributed by atoms with Crippen molar-refractivity contribution in [3.05, 3.63) is 191 Å². The van der Waals surface area contributed by atoms with Gasteiger partial charge in [0, 0.05) is 10.8 Å². The van der Waals surface area contributed by atoms with Crippen molar-refractivity contribution in [2.24, 2.45) is 0 Å². The van der Waals surface area contributed by atoms with Crippen LogP contribution in [0.15, 0.2) is 158 Å². The van der Waals surface area contributed by atoms with Crippen molar-refractivity contribution < 1.29 is 0 Å². The quantitative estimate of drug-likeness (QED) is 0.203. The first-order chi connectivity index (χ1) is 20.3. The summed E-state index contributed by atoms with van der Waals surface area (Å²) in [5.74, 6) is 0. The Hall–Kier alpha value is -4.68. The third kappa shape index (κ3) is 3.67. The minimum absolute atomic E-state index is 0.187. The molecule has 41 heavy (non-hydrogen) atoms. The second kappa shape index (κ2) is 9.46. The Balaban J connectivity index is 1.44.